The average Bonchev–Trinajstić information content (AvgIpc) is 3.21. The molecule has 1 atom stereocenters. The maximum absolute atomic E-state index is 13.2. The number of hydrogen-bond donors (Lipinski definition) is 1. The Morgan fingerprint density at radius 2 is 1.56 bits per heavy atom. The Bertz CT molecular complexity index is 1190. The zero-order valence-corrected chi connectivity index (χ0v) is 16.5. The minimum Gasteiger partial charge on any atom is -0.373 e. The highest BCUT2D eigenvalue weighted by atomic mass is 19.4. The van der Waals surface area contributed by atoms with Gasteiger partial charge in [-0.2, -0.15) is 49.8 Å². The predicted octanol–water partition coefficient (Wildman–Crippen LogP) is 6.75. The molecule has 5 nitrogen and oxygen atoms in total. The third-order valence-electron chi connectivity index (χ3n) is 4.43. The van der Waals surface area contributed by atoms with E-state index < -0.39 is 59.3 Å². The van der Waals surface area contributed by atoms with E-state index in [1.807, 2.05) is 0 Å². The molecule has 0 aliphatic heterocycles. The number of rotatable bonds is 5. The lowest BCUT2D eigenvalue weighted by molar-refractivity contribution is -0.139. The standard InChI is InChI=1S/C20H11F9N4O/c21-18(22,23)8-15(31-13-6-3-11(9-30)14(7-13)20(27,28)29)17-32-16(33-34-17)10-1-4-12(5-2-10)19(24,25)26/h1-7,15,31H,8H2. The number of hydrogen-bond acceptors (Lipinski definition) is 5. The summed E-state index contributed by atoms with van der Waals surface area (Å²) in [5, 5.41) is 14.5. The summed E-state index contributed by atoms with van der Waals surface area (Å²) in [6, 6.07) is 5.15. The molecule has 2 aromatic carbocycles. The Morgan fingerprint density at radius 1 is 0.912 bits per heavy atom. The van der Waals surface area contributed by atoms with Crippen molar-refractivity contribution in [1.82, 2.24) is 10.1 Å². The summed E-state index contributed by atoms with van der Waals surface area (Å²) < 4.78 is 122. The van der Waals surface area contributed by atoms with Crippen molar-refractivity contribution in [3.05, 3.63) is 65.0 Å². The normalized spacial score (nSPS) is 13.4. The smallest absolute Gasteiger partial charge is 0.373 e. The molecule has 0 fully saturated rings. The van der Waals surface area contributed by atoms with Crippen molar-refractivity contribution >= 4 is 5.69 Å². The Hall–Kier alpha value is -3.76. The molecule has 180 valence electrons. The average molecular weight is 494 g/mol. The van der Waals surface area contributed by atoms with E-state index in [4.69, 9.17) is 9.78 Å². The first-order valence-electron chi connectivity index (χ1n) is 9.13. The Kier molecular flexibility index (Phi) is 6.50. The van der Waals surface area contributed by atoms with Crippen molar-refractivity contribution in [1.29, 1.82) is 5.26 Å². The van der Waals surface area contributed by atoms with E-state index in [0.717, 1.165) is 24.3 Å². The second-order valence-electron chi connectivity index (χ2n) is 6.92. The van der Waals surface area contributed by atoms with Gasteiger partial charge in [0.15, 0.2) is 0 Å². The van der Waals surface area contributed by atoms with Gasteiger partial charge in [-0.1, -0.05) is 17.3 Å². The highest BCUT2D eigenvalue weighted by molar-refractivity contribution is 5.56. The lowest BCUT2D eigenvalue weighted by Crippen LogP contribution is -2.21. The molecule has 3 rings (SSSR count). The van der Waals surface area contributed by atoms with Crippen LogP contribution in [0, 0.1) is 11.3 Å². The quantitative estimate of drug-likeness (QED) is 0.397. The summed E-state index contributed by atoms with van der Waals surface area (Å²) in [5.41, 5.74) is -3.46. The molecule has 1 aromatic heterocycles. The molecule has 34 heavy (non-hydrogen) atoms. The molecular weight excluding hydrogens is 483 g/mol. The Labute approximate surface area is 184 Å². The molecule has 0 aliphatic rings. The lowest BCUT2D eigenvalue weighted by atomic mass is 10.1. The summed E-state index contributed by atoms with van der Waals surface area (Å²) in [4.78, 5) is 3.76. The van der Waals surface area contributed by atoms with Crippen molar-refractivity contribution < 1.29 is 44.0 Å². The van der Waals surface area contributed by atoms with Crippen molar-refractivity contribution in [3.63, 3.8) is 0 Å². The number of alkyl halides is 9. The second-order valence-corrected chi connectivity index (χ2v) is 6.92. The molecule has 0 aliphatic carbocycles. The van der Waals surface area contributed by atoms with Crippen molar-refractivity contribution in [2.75, 3.05) is 5.32 Å². The van der Waals surface area contributed by atoms with Gasteiger partial charge in [0.25, 0.3) is 0 Å². The molecule has 0 spiro atoms. The van der Waals surface area contributed by atoms with Crippen molar-refractivity contribution in [2.45, 2.75) is 31.0 Å². The van der Waals surface area contributed by atoms with Crippen molar-refractivity contribution in [3.8, 4) is 17.5 Å². The SMILES string of the molecule is N#Cc1ccc(NC(CC(F)(F)F)c2nc(-c3ccc(C(F)(F)F)cc3)no2)cc1C(F)(F)F. The van der Waals surface area contributed by atoms with Crippen LogP contribution >= 0.6 is 0 Å². The topological polar surface area (TPSA) is 74.7 Å². The first-order chi connectivity index (χ1) is 15.7. The van der Waals surface area contributed by atoms with E-state index in [1.165, 1.54) is 6.07 Å². The van der Waals surface area contributed by atoms with Crippen LogP contribution in [0.4, 0.5) is 45.2 Å². The number of aromatic nitrogens is 2. The van der Waals surface area contributed by atoms with Gasteiger partial charge in [-0.05, 0) is 30.3 Å². The first-order valence-corrected chi connectivity index (χ1v) is 9.13. The summed E-state index contributed by atoms with van der Waals surface area (Å²) >= 11 is 0. The highest BCUT2D eigenvalue weighted by Gasteiger charge is 2.37. The molecular formula is C20H11F9N4O. The van der Waals surface area contributed by atoms with Crippen LogP contribution in [-0.2, 0) is 12.4 Å². The van der Waals surface area contributed by atoms with Gasteiger partial charge >= 0.3 is 18.5 Å². The molecule has 0 radical (unpaired) electrons. The minimum atomic E-state index is -4.94. The van der Waals surface area contributed by atoms with Crippen molar-refractivity contribution in [2.24, 2.45) is 0 Å². The van der Waals surface area contributed by atoms with Crippen LogP contribution in [0.2, 0.25) is 0 Å². The van der Waals surface area contributed by atoms with E-state index in [2.05, 4.69) is 15.5 Å². The number of benzene rings is 2. The second kappa shape index (κ2) is 8.88. The van der Waals surface area contributed by atoms with Crippen LogP contribution in [0.3, 0.4) is 0 Å². The third-order valence-corrected chi connectivity index (χ3v) is 4.43. The van der Waals surface area contributed by atoms with Gasteiger partial charge in [-0.15, -0.1) is 0 Å². The number of nitriles is 1. The van der Waals surface area contributed by atoms with E-state index >= 15 is 0 Å². The fraction of sp³-hybridized carbons (Fsp3) is 0.250. The monoisotopic (exact) mass is 494 g/mol. The predicted molar refractivity (Wildman–Crippen MR) is 97.9 cm³/mol. The number of anilines is 1. The summed E-state index contributed by atoms with van der Waals surface area (Å²) in [6.07, 6.45) is -16.0. The molecule has 3 aromatic rings. The van der Waals surface area contributed by atoms with Crippen LogP contribution in [0.15, 0.2) is 47.0 Å². The van der Waals surface area contributed by atoms with Crippen LogP contribution in [-0.4, -0.2) is 16.3 Å². The van der Waals surface area contributed by atoms with Crippen LogP contribution in [0.1, 0.15) is 35.0 Å². The number of halogens is 9. The fourth-order valence-electron chi connectivity index (χ4n) is 2.90. The minimum absolute atomic E-state index is 0.00601. The van der Waals surface area contributed by atoms with Gasteiger partial charge in [0.2, 0.25) is 11.7 Å². The Balaban J connectivity index is 1.93. The van der Waals surface area contributed by atoms with Gasteiger partial charge in [-0.25, -0.2) is 0 Å². The largest absolute Gasteiger partial charge is 0.417 e. The zero-order valence-electron chi connectivity index (χ0n) is 16.5. The summed E-state index contributed by atoms with van der Waals surface area (Å²) in [5.74, 6) is -0.987. The highest BCUT2D eigenvalue weighted by Crippen LogP contribution is 2.37. The lowest BCUT2D eigenvalue weighted by Gasteiger charge is -2.19. The maximum Gasteiger partial charge on any atom is 0.417 e. The molecule has 1 N–H and O–H groups in total. The zero-order chi connectivity index (χ0) is 25.3. The van der Waals surface area contributed by atoms with E-state index in [1.54, 1.807) is 0 Å². The third kappa shape index (κ3) is 5.97. The van der Waals surface area contributed by atoms with Crippen LogP contribution < -0.4 is 5.32 Å². The van der Waals surface area contributed by atoms with E-state index in [9.17, 15) is 39.5 Å². The van der Waals surface area contributed by atoms with Crippen LogP contribution in [0.5, 0.6) is 0 Å². The van der Waals surface area contributed by atoms with Gasteiger partial charge < -0.3 is 9.84 Å². The molecule has 0 saturated carbocycles. The molecule has 1 heterocycles. The molecule has 14 heteroatoms. The van der Waals surface area contributed by atoms with Gasteiger partial charge in [0, 0.05) is 11.3 Å². The molecule has 1 unspecified atom stereocenters. The first kappa shape index (κ1) is 24.9. The summed E-state index contributed by atoms with van der Waals surface area (Å²) in [7, 11) is 0. The van der Waals surface area contributed by atoms with Gasteiger partial charge in [0.05, 0.1) is 29.2 Å². The number of nitrogens with one attached hydrogen (secondary N) is 1. The van der Waals surface area contributed by atoms with Crippen LogP contribution in [0.25, 0.3) is 11.4 Å². The molecule has 0 bridgehead atoms. The van der Waals surface area contributed by atoms with Gasteiger partial charge in [0.1, 0.15) is 6.04 Å². The molecule has 0 amide bonds. The fourth-order valence-corrected chi connectivity index (χ4v) is 2.90. The van der Waals surface area contributed by atoms with Gasteiger partial charge in [-0.3, -0.25) is 0 Å². The van der Waals surface area contributed by atoms with E-state index in [-0.39, 0.29) is 11.4 Å². The summed E-state index contributed by atoms with van der Waals surface area (Å²) in [6.45, 7) is 0. The Morgan fingerprint density at radius 3 is 2.09 bits per heavy atom. The number of nitrogens with zero attached hydrogens (tertiary/aromatic N) is 3. The molecule has 0 saturated heterocycles. The maximum atomic E-state index is 13.2. The van der Waals surface area contributed by atoms with E-state index in [0.29, 0.717) is 18.2 Å².